The van der Waals surface area contributed by atoms with E-state index in [0.29, 0.717) is 0 Å². The minimum atomic E-state index is 0.877. The van der Waals surface area contributed by atoms with Crippen LogP contribution < -0.4 is 0 Å². The van der Waals surface area contributed by atoms with Gasteiger partial charge in [0.1, 0.15) is 0 Å². The first-order valence-electron chi connectivity index (χ1n) is 3.65. The van der Waals surface area contributed by atoms with Crippen LogP contribution in [0.2, 0.25) is 0 Å². The molecule has 0 aliphatic carbocycles. The van der Waals surface area contributed by atoms with Gasteiger partial charge in [0, 0.05) is 12.8 Å². The molecule has 1 aromatic rings. The van der Waals surface area contributed by atoms with Gasteiger partial charge in [-0.3, -0.25) is 4.68 Å². The highest BCUT2D eigenvalue weighted by molar-refractivity contribution is 7.98. The predicted octanol–water partition coefficient (Wildman–Crippen LogP) is 1.07. The maximum atomic E-state index is 3.83. The molecule has 0 spiro atoms. The van der Waals surface area contributed by atoms with Crippen LogP contribution in [-0.2, 0) is 12.8 Å². The van der Waals surface area contributed by atoms with Gasteiger partial charge >= 0.3 is 0 Å². The first kappa shape index (κ1) is 9.14. The van der Waals surface area contributed by atoms with Gasteiger partial charge in [0.2, 0.25) is 0 Å². The minimum absolute atomic E-state index is 0.877. The van der Waals surface area contributed by atoms with Gasteiger partial charge in [-0.1, -0.05) is 11.1 Å². The molecule has 3 nitrogen and oxygen atoms in total. The third kappa shape index (κ3) is 2.59. The van der Waals surface area contributed by atoms with Crippen molar-refractivity contribution < 1.29 is 0 Å². The van der Waals surface area contributed by atoms with Crippen LogP contribution in [0, 0.1) is 11.8 Å². The molecule has 0 saturated heterocycles. The third-order valence-corrected chi connectivity index (χ3v) is 2.26. The van der Waals surface area contributed by atoms with Crippen molar-refractivity contribution in [2.75, 3.05) is 5.75 Å². The number of rotatable bonds is 3. The van der Waals surface area contributed by atoms with E-state index in [4.69, 9.17) is 0 Å². The maximum absolute atomic E-state index is 3.83. The molecule has 0 aromatic carbocycles. The van der Waals surface area contributed by atoms with Crippen LogP contribution in [0.15, 0.2) is 6.20 Å². The molecule has 0 saturated carbocycles. The van der Waals surface area contributed by atoms with Crippen molar-refractivity contribution in [3.63, 3.8) is 0 Å². The Bertz CT molecular complexity index is 295. The van der Waals surface area contributed by atoms with Crippen molar-refractivity contribution in [1.29, 1.82) is 0 Å². The van der Waals surface area contributed by atoms with Crippen LogP contribution in [0.25, 0.3) is 0 Å². The molecule has 4 heteroatoms. The lowest BCUT2D eigenvalue weighted by atomic mass is 10.5. The Hall–Kier alpha value is -0.950. The first-order valence-corrected chi connectivity index (χ1v) is 4.81. The van der Waals surface area contributed by atoms with Crippen LogP contribution in [0.4, 0.5) is 0 Å². The van der Waals surface area contributed by atoms with E-state index in [0.717, 1.165) is 17.2 Å². The summed E-state index contributed by atoms with van der Waals surface area (Å²) in [6, 6.07) is 0. The molecule has 0 amide bonds. The topological polar surface area (TPSA) is 30.7 Å². The molecule has 0 bridgehead atoms. The zero-order valence-electron chi connectivity index (χ0n) is 7.24. The molecular weight excluding hydrogens is 170 g/mol. The van der Waals surface area contributed by atoms with Gasteiger partial charge in [0.15, 0.2) is 0 Å². The fourth-order valence-corrected chi connectivity index (χ4v) is 1.54. The highest BCUT2D eigenvalue weighted by Crippen LogP contribution is 2.08. The van der Waals surface area contributed by atoms with E-state index < -0.39 is 0 Å². The molecule has 64 valence electrons. The lowest BCUT2D eigenvalue weighted by molar-refractivity contribution is 0.694. The van der Waals surface area contributed by atoms with Crippen LogP contribution >= 0.6 is 11.8 Å². The monoisotopic (exact) mass is 181 g/mol. The van der Waals surface area contributed by atoms with E-state index in [1.54, 1.807) is 22.6 Å². The average molecular weight is 181 g/mol. The van der Waals surface area contributed by atoms with E-state index in [9.17, 15) is 0 Å². The number of hydrogen-bond acceptors (Lipinski definition) is 3. The second-order valence-corrected chi connectivity index (χ2v) is 3.25. The van der Waals surface area contributed by atoms with E-state index in [1.807, 2.05) is 14.0 Å². The number of aromatic nitrogens is 3. The molecule has 0 radical (unpaired) electrons. The van der Waals surface area contributed by atoms with Crippen LogP contribution in [0.1, 0.15) is 12.6 Å². The molecule has 0 aliphatic heterocycles. The van der Waals surface area contributed by atoms with Crippen molar-refractivity contribution in [3.8, 4) is 11.8 Å². The third-order valence-electron chi connectivity index (χ3n) is 1.41. The quantitative estimate of drug-likeness (QED) is 0.516. The van der Waals surface area contributed by atoms with Gasteiger partial charge in [-0.2, -0.15) is 0 Å². The number of nitrogens with zero attached hydrogens (tertiary/aromatic N) is 3. The second kappa shape index (κ2) is 4.83. The van der Waals surface area contributed by atoms with Crippen molar-refractivity contribution in [2.45, 2.75) is 12.7 Å². The molecule has 0 N–H and O–H groups in total. The average Bonchev–Trinajstić information content (AvgIpc) is 2.46. The van der Waals surface area contributed by atoms with Gasteiger partial charge in [0.25, 0.3) is 0 Å². The normalized spacial score (nSPS) is 9.17. The Labute approximate surface area is 76.5 Å². The maximum Gasteiger partial charge on any atom is 0.0733 e. The Balaban J connectivity index is 2.32. The summed E-state index contributed by atoms with van der Waals surface area (Å²) in [6.07, 6.45) is 1.78. The van der Waals surface area contributed by atoms with E-state index in [-0.39, 0.29) is 0 Å². The van der Waals surface area contributed by atoms with Gasteiger partial charge in [0.05, 0.1) is 17.6 Å². The van der Waals surface area contributed by atoms with Gasteiger partial charge in [-0.05, 0) is 6.92 Å². The molecule has 0 aliphatic rings. The zero-order chi connectivity index (χ0) is 8.81. The summed E-state index contributed by atoms with van der Waals surface area (Å²) in [5, 5.41) is 7.62. The van der Waals surface area contributed by atoms with Crippen LogP contribution in [0.5, 0.6) is 0 Å². The predicted molar refractivity (Wildman–Crippen MR) is 50.6 cm³/mol. The highest BCUT2D eigenvalue weighted by Gasteiger charge is 1.97. The Kier molecular flexibility index (Phi) is 3.68. The van der Waals surface area contributed by atoms with Crippen molar-refractivity contribution >= 4 is 11.8 Å². The Morgan fingerprint density at radius 3 is 3.08 bits per heavy atom. The summed E-state index contributed by atoms with van der Waals surface area (Å²) in [5.74, 6) is 7.65. The minimum Gasteiger partial charge on any atom is -0.252 e. The molecule has 1 aromatic heterocycles. The number of aryl methyl sites for hydroxylation is 1. The summed E-state index contributed by atoms with van der Waals surface area (Å²) in [5.41, 5.74) is 1.14. The Morgan fingerprint density at radius 2 is 2.50 bits per heavy atom. The number of hydrogen-bond donors (Lipinski definition) is 0. The SMILES string of the molecule is CC#CCSCc1cnnn1C. The van der Waals surface area contributed by atoms with Crippen LogP contribution in [-0.4, -0.2) is 20.7 Å². The van der Waals surface area contributed by atoms with Crippen molar-refractivity contribution in [1.82, 2.24) is 15.0 Å². The summed E-state index contributed by atoms with van der Waals surface area (Å²) in [6.45, 7) is 1.85. The molecule has 0 fully saturated rings. The molecular formula is C8H11N3S. The van der Waals surface area contributed by atoms with Gasteiger partial charge in [-0.25, -0.2) is 0 Å². The lowest BCUT2D eigenvalue weighted by Crippen LogP contribution is -1.96. The van der Waals surface area contributed by atoms with E-state index >= 15 is 0 Å². The van der Waals surface area contributed by atoms with E-state index in [2.05, 4.69) is 22.2 Å². The van der Waals surface area contributed by atoms with Gasteiger partial charge in [-0.15, -0.1) is 22.8 Å². The lowest BCUT2D eigenvalue weighted by Gasteiger charge is -1.96. The molecule has 1 rings (SSSR count). The molecule has 12 heavy (non-hydrogen) atoms. The summed E-state index contributed by atoms with van der Waals surface area (Å²) in [7, 11) is 1.90. The smallest absolute Gasteiger partial charge is 0.0733 e. The molecule has 0 unspecified atom stereocenters. The fraction of sp³-hybridized carbons (Fsp3) is 0.500. The first-order chi connectivity index (χ1) is 5.84. The Morgan fingerprint density at radius 1 is 1.67 bits per heavy atom. The second-order valence-electron chi connectivity index (χ2n) is 2.27. The summed E-state index contributed by atoms with van der Waals surface area (Å²) >= 11 is 1.78. The van der Waals surface area contributed by atoms with E-state index in [1.165, 1.54) is 0 Å². The van der Waals surface area contributed by atoms with Gasteiger partial charge < -0.3 is 0 Å². The fourth-order valence-electron chi connectivity index (χ4n) is 0.720. The largest absolute Gasteiger partial charge is 0.252 e. The summed E-state index contributed by atoms with van der Waals surface area (Å²) < 4.78 is 1.78. The summed E-state index contributed by atoms with van der Waals surface area (Å²) in [4.78, 5) is 0. The van der Waals surface area contributed by atoms with Crippen molar-refractivity contribution in [3.05, 3.63) is 11.9 Å². The molecule has 0 atom stereocenters. The van der Waals surface area contributed by atoms with Crippen LogP contribution in [0.3, 0.4) is 0 Å². The number of thioether (sulfide) groups is 1. The standard InChI is InChI=1S/C8H11N3S/c1-3-4-5-12-7-8-6-9-10-11(8)2/h6H,5,7H2,1-2H3. The van der Waals surface area contributed by atoms with Crippen molar-refractivity contribution in [2.24, 2.45) is 7.05 Å². The molecule has 1 heterocycles. The highest BCUT2D eigenvalue weighted by atomic mass is 32.2. The zero-order valence-corrected chi connectivity index (χ0v) is 8.06.